The zero-order valence-corrected chi connectivity index (χ0v) is 11.1. The summed E-state index contributed by atoms with van der Waals surface area (Å²) in [6.45, 7) is 4.77. The van der Waals surface area contributed by atoms with Crippen molar-refractivity contribution in [3.8, 4) is 0 Å². The third-order valence-corrected chi connectivity index (χ3v) is 3.93. The minimum Gasteiger partial charge on any atom is -0.303 e. The first-order valence-electron chi connectivity index (χ1n) is 4.80. The largest absolute Gasteiger partial charge is 0.303 e. The van der Waals surface area contributed by atoms with Crippen molar-refractivity contribution in [2.45, 2.75) is 26.3 Å². The van der Waals surface area contributed by atoms with Crippen LogP contribution in [-0.2, 0) is 6.42 Å². The summed E-state index contributed by atoms with van der Waals surface area (Å²) < 4.78 is 0. The highest BCUT2D eigenvalue weighted by Crippen LogP contribution is 2.20. The highest BCUT2D eigenvalue weighted by Gasteiger charge is 2.09. The molecule has 1 unspecified atom stereocenters. The van der Waals surface area contributed by atoms with Crippen molar-refractivity contribution in [1.29, 1.82) is 0 Å². The predicted octanol–water partition coefficient (Wildman–Crippen LogP) is 3.68. The zero-order valence-electron chi connectivity index (χ0n) is 8.76. The van der Waals surface area contributed by atoms with E-state index in [1.807, 2.05) is 6.20 Å². The summed E-state index contributed by atoms with van der Waals surface area (Å²) in [7, 11) is 0. The second kappa shape index (κ2) is 6.48. The molecule has 0 fully saturated rings. The van der Waals surface area contributed by atoms with Gasteiger partial charge in [-0.1, -0.05) is 30.1 Å². The van der Waals surface area contributed by atoms with Crippen molar-refractivity contribution < 1.29 is 0 Å². The lowest BCUT2D eigenvalue weighted by Gasteiger charge is -2.09. The Kier molecular flexibility index (Phi) is 5.61. The molecule has 0 aliphatic rings. The van der Waals surface area contributed by atoms with Crippen LogP contribution in [0.5, 0.6) is 0 Å². The third-order valence-electron chi connectivity index (χ3n) is 1.99. The molecule has 0 aromatic carbocycles. The van der Waals surface area contributed by atoms with Crippen LogP contribution in [0.15, 0.2) is 16.8 Å². The van der Waals surface area contributed by atoms with Crippen LogP contribution >= 0.6 is 34.5 Å². The average Bonchev–Trinajstić information content (AvgIpc) is 2.73. The molecule has 0 radical (unpaired) electrons. The Labute approximate surface area is 104 Å². The fourth-order valence-corrected chi connectivity index (χ4v) is 2.10. The fourth-order valence-electron chi connectivity index (χ4n) is 1.06. The van der Waals surface area contributed by atoms with Crippen molar-refractivity contribution in [2.75, 3.05) is 6.54 Å². The Morgan fingerprint density at radius 3 is 3.00 bits per heavy atom. The van der Waals surface area contributed by atoms with Crippen LogP contribution in [-0.4, -0.2) is 11.5 Å². The predicted molar refractivity (Wildman–Crippen MR) is 67.7 cm³/mol. The Hall–Kier alpha value is -0.0900. The maximum atomic E-state index is 5.78. The van der Waals surface area contributed by atoms with E-state index in [0.717, 1.165) is 11.4 Å². The summed E-state index contributed by atoms with van der Waals surface area (Å²) in [4.78, 5) is 5.65. The molecule has 0 saturated carbocycles. The monoisotopic (exact) mass is 264 g/mol. The van der Waals surface area contributed by atoms with Gasteiger partial charge in [-0.25, -0.2) is 4.98 Å². The van der Waals surface area contributed by atoms with Crippen LogP contribution in [0.3, 0.4) is 0 Å². The normalized spacial score (nSPS) is 14.3. The number of thiazole rings is 1. The number of rotatable bonds is 5. The van der Waals surface area contributed by atoms with E-state index in [9.17, 15) is 0 Å². The lowest BCUT2D eigenvalue weighted by molar-refractivity contribution is 0.610. The van der Waals surface area contributed by atoms with Gasteiger partial charge in [-0.3, -0.25) is 0 Å². The molecule has 5 heteroatoms. The number of hydrogen-bond donors (Lipinski definition) is 1. The van der Waals surface area contributed by atoms with Gasteiger partial charge in [0, 0.05) is 28.2 Å². The molecular formula is C10H14Cl2N2S. The van der Waals surface area contributed by atoms with Crippen LogP contribution in [0.25, 0.3) is 0 Å². The van der Waals surface area contributed by atoms with Crippen LogP contribution in [0.1, 0.15) is 29.8 Å². The molecule has 1 heterocycles. The molecule has 0 aliphatic carbocycles. The molecule has 84 valence electrons. The van der Waals surface area contributed by atoms with Crippen LogP contribution in [0, 0.1) is 0 Å². The van der Waals surface area contributed by atoms with E-state index < -0.39 is 0 Å². The van der Waals surface area contributed by atoms with Gasteiger partial charge in [0.25, 0.3) is 0 Å². The molecule has 0 aliphatic heterocycles. The van der Waals surface area contributed by atoms with Gasteiger partial charge in [0.05, 0.1) is 6.04 Å². The van der Waals surface area contributed by atoms with E-state index in [-0.39, 0.29) is 6.04 Å². The molecule has 15 heavy (non-hydrogen) atoms. The van der Waals surface area contributed by atoms with Gasteiger partial charge < -0.3 is 5.32 Å². The van der Waals surface area contributed by atoms with Gasteiger partial charge >= 0.3 is 0 Å². The quantitative estimate of drug-likeness (QED) is 0.878. The molecular weight excluding hydrogens is 251 g/mol. The second-order valence-corrected chi connectivity index (χ2v) is 5.03. The summed E-state index contributed by atoms with van der Waals surface area (Å²) in [5, 5.41) is 4.95. The third kappa shape index (κ3) is 4.11. The Morgan fingerprint density at radius 1 is 1.73 bits per heavy atom. The first-order valence-corrected chi connectivity index (χ1v) is 6.43. The van der Waals surface area contributed by atoms with Crippen molar-refractivity contribution in [3.63, 3.8) is 0 Å². The Bertz CT molecular complexity index is 336. The number of nitrogens with zero attached hydrogens (tertiary/aromatic N) is 1. The van der Waals surface area contributed by atoms with Crippen molar-refractivity contribution >= 4 is 34.5 Å². The summed E-state index contributed by atoms with van der Waals surface area (Å²) in [5.74, 6) is 0. The number of nitrogens with one attached hydrogen (secondary N) is 1. The first kappa shape index (κ1) is 13.0. The molecule has 1 atom stereocenters. The number of hydrogen-bond acceptors (Lipinski definition) is 3. The molecule has 1 aromatic heterocycles. The van der Waals surface area contributed by atoms with Gasteiger partial charge in [-0.05, 0) is 13.3 Å². The Morgan fingerprint density at radius 2 is 2.47 bits per heavy atom. The molecule has 1 aromatic rings. The van der Waals surface area contributed by atoms with Gasteiger partial charge in [-0.15, -0.1) is 11.3 Å². The number of aromatic nitrogens is 1. The number of aryl methyl sites for hydroxylation is 1. The van der Waals surface area contributed by atoms with E-state index in [0.29, 0.717) is 11.6 Å². The van der Waals surface area contributed by atoms with Crippen molar-refractivity contribution in [3.05, 3.63) is 26.6 Å². The molecule has 0 amide bonds. The summed E-state index contributed by atoms with van der Waals surface area (Å²) in [6.07, 6.45) is 2.96. The maximum absolute atomic E-state index is 5.78. The topological polar surface area (TPSA) is 24.9 Å². The maximum Gasteiger partial charge on any atom is 0.109 e. The van der Waals surface area contributed by atoms with E-state index in [1.165, 1.54) is 10.4 Å². The summed E-state index contributed by atoms with van der Waals surface area (Å²) >= 11 is 13.0. The minimum atomic E-state index is 0.209. The molecule has 0 saturated heterocycles. The molecule has 1 N–H and O–H groups in total. The standard InChI is InChI=1S/C10H14Cl2N2S/c1-3-9-6-14-10(15-9)7(2)13-5-8(12)4-11/h4,6-7,13H,3,5H2,1-2H3. The molecule has 2 nitrogen and oxygen atoms in total. The van der Waals surface area contributed by atoms with E-state index in [1.54, 1.807) is 11.3 Å². The SMILES string of the molecule is CCc1cnc(C(C)NCC(Cl)=CCl)s1. The van der Waals surface area contributed by atoms with Crippen LogP contribution in [0.2, 0.25) is 0 Å². The van der Waals surface area contributed by atoms with Gasteiger partial charge in [0.1, 0.15) is 5.01 Å². The van der Waals surface area contributed by atoms with Gasteiger partial charge in [0.15, 0.2) is 0 Å². The zero-order chi connectivity index (χ0) is 11.3. The van der Waals surface area contributed by atoms with Gasteiger partial charge in [0.2, 0.25) is 0 Å². The van der Waals surface area contributed by atoms with E-state index in [2.05, 4.69) is 24.1 Å². The minimum absolute atomic E-state index is 0.209. The first-order chi connectivity index (χ1) is 7.17. The summed E-state index contributed by atoms with van der Waals surface area (Å²) in [6, 6.07) is 0.209. The van der Waals surface area contributed by atoms with Crippen LogP contribution in [0.4, 0.5) is 0 Å². The Balaban J connectivity index is 2.49. The lowest BCUT2D eigenvalue weighted by atomic mass is 10.3. The molecule has 1 rings (SSSR count). The highest BCUT2D eigenvalue weighted by molar-refractivity contribution is 7.11. The smallest absolute Gasteiger partial charge is 0.109 e. The molecule has 0 bridgehead atoms. The lowest BCUT2D eigenvalue weighted by Crippen LogP contribution is -2.19. The molecule has 0 spiro atoms. The van der Waals surface area contributed by atoms with E-state index in [4.69, 9.17) is 23.2 Å². The second-order valence-electron chi connectivity index (χ2n) is 3.18. The van der Waals surface area contributed by atoms with Crippen LogP contribution < -0.4 is 5.32 Å². The van der Waals surface area contributed by atoms with Crippen molar-refractivity contribution in [1.82, 2.24) is 10.3 Å². The van der Waals surface area contributed by atoms with Crippen molar-refractivity contribution in [2.24, 2.45) is 0 Å². The average molecular weight is 265 g/mol. The summed E-state index contributed by atoms with van der Waals surface area (Å²) in [5.41, 5.74) is 1.38. The highest BCUT2D eigenvalue weighted by atomic mass is 35.5. The van der Waals surface area contributed by atoms with Gasteiger partial charge in [-0.2, -0.15) is 0 Å². The van der Waals surface area contributed by atoms with E-state index >= 15 is 0 Å². The fraction of sp³-hybridized carbons (Fsp3) is 0.500. The number of halogens is 2.